The van der Waals surface area contributed by atoms with Crippen LogP contribution in [0.1, 0.15) is 52.8 Å². The SMILES string of the molecule is CCOC(=O)c1[nH]c(C)c(C([O-])=C2C(=O)C(=O)N(CC[NH+](C)C)C2c2ccc(OCC)cc2)c1C. The van der Waals surface area contributed by atoms with Crippen LogP contribution in [0, 0.1) is 13.8 Å². The van der Waals surface area contributed by atoms with Gasteiger partial charge in [0.1, 0.15) is 11.4 Å². The number of rotatable bonds is 9. The fraction of sp³-hybridized carbons (Fsp3) is 0.423. The van der Waals surface area contributed by atoms with E-state index in [1.807, 2.05) is 21.0 Å². The Morgan fingerprint density at radius 2 is 1.77 bits per heavy atom. The van der Waals surface area contributed by atoms with Crippen LogP contribution in [0.2, 0.25) is 0 Å². The molecule has 0 radical (unpaired) electrons. The summed E-state index contributed by atoms with van der Waals surface area (Å²) < 4.78 is 10.6. The van der Waals surface area contributed by atoms with E-state index in [0.29, 0.717) is 42.3 Å². The van der Waals surface area contributed by atoms with E-state index in [9.17, 15) is 19.5 Å². The van der Waals surface area contributed by atoms with Gasteiger partial charge in [-0.15, -0.1) is 0 Å². The van der Waals surface area contributed by atoms with E-state index >= 15 is 0 Å². The Bertz CT molecular complexity index is 1150. The van der Waals surface area contributed by atoms with E-state index in [2.05, 4.69) is 4.98 Å². The number of ether oxygens (including phenoxy) is 2. The lowest BCUT2D eigenvalue weighted by atomic mass is 9.94. The predicted octanol–water partition coefficient (Wildman–Crippen LogP) is 0.575. The molecule has 188 valence electrons. The van der Waals surface area contributed by atoms with E-state index in [-0.39, 0.29) is 23.4 Å². The monoisotopic (exact) mass is 483 g/mol. The van der Waals surface area contributed by atoms with Crippen molar-refractivity contribution in [3.8, 4) is 5.75 Å². The van der Waals surface area contributed by atoms with Gasteiger partial charge in [0.2, 0.25) is 5.78 Å². The Labute approximate surface area is 205 Å². The van der Waals surface area contributed by atoms with Crippen LogP contribution >= 0.6 is 0 Å². The number of aryl methyl sites for hydroxylation is 1. The molecule has 1 atom stereocenters. The van der Waals surface area contributed by atoms with Gasteiger partial charge in [-0.2, -0.15) is 0 Å². The normalized spacial score (nSPS) is 17.3. The number of Topliss-reactive ketones (excluding diaryl/α,β-unsaturated/α-hetero) is 1. The Morgan fingerprint density at radius 3 is 2.34 bits per heavy atom. The Morgan fingerprint density at radius 1 is 1.11 bits per heavy atom. The number of aromatic nitrogens is 1. The molecule has 0 aliphatic carbocycles. The molecule has 1 amide bonds. The summed E-state index contributed by atoms with van der Waals surface area (Å²) in [6.07, 6.45) is 0. The van der Waals surface area contributed by atoms with Crippen molar-refractivity contribution in [3.63, 3.8) is 0 Å². The minimum Gasteiger partial charge on any atom is -0.872 e. The molecule has 1 saturated heterocycles. The van der Waals surface area contributed by atoms with E-state index < -0.39 is 29.5 Å². The first-order valence-electron chi connectivity index (χ1n) is 11.8. The second-order valence-corrected chi connectivity index (χ2v) is 8.78. The topological polar surface area (TPSA) is 116 Å². The zero-order valence-electron chi connectivity index (χ0n) is 21.1. The molecule has 9 nitrogen and oxygen atoms in total. The lowest BCUT2D eigenvalue weighted by Crippen LogP contribution is -3.06. The molecule has 2 heterocycles. The molecule has 0 bridgehead atoms. The summed E-state index contributed by atoms with van der Waals surface area (Å²) in [6.45, 7) is 8.45. The number of nitrogens with one attached hydrogen (secondary N) is 2. The number of benzene rings is 1. The van der Waals surface area contributed by atoms with Crippen LogP contribution in [0.25, 0.3) is 5.76 Å². The maximum absolute atomic E-state index is 13.8. The van der Waals surface area contributed by atoms with Crippen molar-refractivity contribution in [2.75, 3.05) is 40.4 Å². The van der Waals surface area contributed by atoms with Gasteiger partial charge in [0.05, 0.1) is 46.4 Å². The maximum Gasteiger partial charge on any atom is 0.355 e. The molecular formula is C26H33N3O6. The van der Waals surface area contributed by atoms with Gasteiger partial charge in [0.25, 0.3) is 5.91 Å². The van der Waals surface area contributed by atoms with Crippen LogP contribution in [-0.4, -0.2) is 67.9 Å². The van der Waals surface area contributed by atoms with Crippen molar-refractivity contribution in [2.45, 2.75) is 33.7 Å². The number of esters is 1. The molecule has 1 aromatic heterocycles. The minimum absolute atomic E-state index is 0.117. The van der Waals surface area contributed by atoms with Gasteiger partial charge in [-0.1, -0.05) is 17.9 Å². The number of H-pyrrole nitrogens is 1. The predicted molar refractivity (Wildman–Crippen MR) is 128 cm³/mol. The van der Waals surface area contributed by atoms with Gasteiger partial charge in [-0.05, 0) is 56.5 Å². The molecule has 3 rings (SSSR count). The number of quaternary nitrogens is 1. The van der Waals surface area contributed by atoms with Crippen molar-refractivity contribution in [3.05, 3.63) is 57.9 Å². The summed E-state index contributed by atoms with van der Waals surface area (Å²) in [6, 6.07) is 6.22. The lowest BCUT2D eigenvalue weighted by molar-refractivity contribution is -0.857. The van der Waals surface area contributed by atoms with Crippen LogP contribution in [0.4, 0.5) is 0 Å². The van der Waals surface area contributed by atoms with E-state index in [1.165, 1.54) is 4.90 Å². The highest BCUT2D eigenvalue weighted by Crippen LogP contribution is 2.40. The van der Waals surface area contributed by atoms with Gasteiger partial charge in [0.15, 0.2) is 0 Å². The van der Waals surface area contributed by atoms with E-state index in [1.54, 1.807) is 45.0 Å². The van der Waals surface area contributed by atoms with Crippen molar-refractivity contribution in [1.82, 2.24) is 9.88 Å². The number of hydrogen-bond donors (Lipinski definition) is 2. The molecule has 35 heavy (non-hydrogen) atoms. The first-order valence-corrected chi connectivity index (χ1v) is 11.8. The summed E-state index contributed by atoms with van der Waals surface area (Å²) >= 11 is 0. The Kier molecular flexibility index (Phi) is 8.01. The molecule has 2 aromatic rings. The van der Waals surface area contributed by atoms with Crippen LogP contribution in [0.3, 0.4) is 0 Å². The standard InChI is InChI=1S/C26H33N3O6/c1-7-34-18-11-9-17(10-12-18)22-20(24(31)25(32)29(22)14-13-28(5)6)23(30)19-15(3)21(27-16(19)4)26(33)35-8-2/h9-12,22,27,30H,7-8,13-14H2,1-6H3. The number of amides is 1. The van der Waals surface area contributed by atoms with Crippen molar-refractivity contribution in [2.24, 2.45) is 0 Å². The summed E-state index contributed by atoms with van der Waals surface area (Å²) in [7, 11) is 3.90. The van der Waals surface area contributed by atoms with Gasteiger partial charge < -0.3 is 29.4 Å². The minimum atomic E-state index is -0.836. The Hall–Kier alpha value is -3.59. The van der Waals surface area contributed by atoms with E-state index in [4.69, 9.17) is 9.47 Å². The van der Waals surface area contributed by atoms with Crippen LogP contribution in [-0.2, 0) is 14.3 Å². The molecule has 1 unspecified atom stereocenters. The number of carbonyl (C=O) groups is 3. The highest BCUT2D eigenvalue weighted by Gasteiger charge is 2.44. The fourth-order valence-electron chi connectivity index (χ4n) is 4.34. The molecule has 0 saturated carbocycles. The molecule has 1 aromatic carbocycles. The number of aromatic amines is 1. The second-order valence-electron chi connectivity index (χ2n) is 8.78. The number of nitrogens with zero attached hydrogens (tertiary/aromatic N) is 1. The molecular weight excluding hydrogens is 450 g/mol. The Balaban J connectivity index is 2.17. The molecule has 9 heteroatoms. The summed E-state index contributed by atoms with van der Waals surface area (Å²) in [4.78, 5) is 44.1. The van der Waals surface area contributed by atoms with Crippen molar-refractivity contribution < 1.29 is 33.9 Å². The summed E-state index contributed by atoms with van der Waals surface area (Å²) in [5, 5.41) is 13.8. The molecule has 1 fully saturated rings. The first-order chi connectivity index (χ1) is 16.6. The van der Waals surface area contributed by atoms with Gasteiger partial charge in [-0.25, -0.2) is 4.79 Å². The molecule has 1 aliphatic rings. The molecule has 0 spiro atoms. The van der Waals surface area contributed by atoms with E-state index in [0.717, 1.165) is 4.90 Å². The third-order valence-electron chi connectivity index (χ3n) is 6.03. The molecule has 2 N–H and O–H groups in total. The van der Waals surface area contributed by atoms with Gasteiger partial charge in [0, 0.05) is 11.3 Å². The van der Waals surface area contributed by atoms with Crippen LogP contribution in [0.5, 0.6) is 5.75 Å². The first kappa shape index (κ1) is 26.0. The third kappa shape index (κ3) is 5.09. The van der Waals surface area contributed by atoms with Crippen LogP contribution in [0.15, 0.2) is 29.8 Å². The fourth-order valence-corrected chi connectivity index (χ4v) is 4.34. The van der Waals surface area contributed by atoms with Crippen molar-refractivity contribution >= 4 is 23.4 Å². The summed E-state index contributed by atoms with van der Waals surface area (Å²) in [5.41, 5.74) is 1.72. The smallest absolute Gasteiger partial charge is 0.355 e. The number of ketones is 1. The summed E-state index contributed by atoms with van der Waals surface area (Å²) in [5.74, 6) is -2.01. The van der Waals surface area contributed by atoms with Crippen LogP contribution < -0.4 is 14.7 Å². The quantitative estimate of drug-likeness (QED) is 0.233. The zero-order chi connectivity index (χ0) is 25.9. The van der Waals surface area contributed by atoms with Gasteiger partial charge >= 0.3 is 5.97 Å². The second kappa shape index (κ2) is 10.8. The maximum atomic E-state index is 13.8. The molecule has 1 aliphatic heterocycles. The number of hydrogen-bond acceptors (Lipinski definition) is 6. The average Bonchev–Trinajstić information content (AvgIpc) is 3.25. The largest absolute Gasteiger partial charge is 0.872 e. The lowest BCUT2D eigenvalue weighted by Gasteiger charge is -2.28. The average molecular weight is 484 g/mol. The van der Waals surface area contributed by atoms with Gasteiger partial charge in [-0.3, -0.25) is 9.59 Å². The number of likely N-dealkylation sites (N-methyl/N-ethyl adjacent to an activating group) is 1. The zero-order valence-corrected chi connectivity index (χ0v) is 21.1. The number of likely N-dealkylation sites (tertiary alicyclic amines) is 1. The number of carbonyl (C=O) groups excluding carboxylic acids is 3. The third-order valence-corrected chi connectivity index (χ3v) is 6.03. The highest BCUT2D eigenvalue weighted by molar-refractivity contribution is 6.46. The highest BCUT2D eigenvalue weighted by atomic mass is 16.5. The van der Waals surface area contributed by atoms with Crippen molar-refractivity contribution in [1.29, 1.82) is 0 Å².